The van der Waals surface area contributed by atoms with Crippen LogP contribution in [-0.2, 0) is 23.7 Å². The second-order valence-corrected chi connectivity index (χ2v) is 20.1. The van der Waals surface area contributed by atoms with Gasteiger partial charge in [0.1, 0.15) is 6.10 Å². The lowest BCUT2D eigenvalue weighted by atomic mass is 9.41. The first-order valence-corrected chi connectivity index (χ1v) is 20.4. The van der Waals surface area contributed by atoms with E-state index in [-0.39, 0.29) is 52.2 Å². The number of likely N-dealkylation sites (tertiary alicyclic amines) is 1. The first kappa shape index (κ1) is 36.2. The molecule has 1 unspecified atom stereocenters. The number of carbonyl (C=O) groups is 1. The zero-order valence-electron chi connectivity index (χ0n) is 32.6. The molecule has 0 aromatic rings. The number of fused-ring (bicyclic) bond motifs is 4. The van der Waals surface area contributed by atoms with Gasteiger partial charge in [-0.3, -0.25) is 9.69 Å². The Labute approximate surface area is 301 Å². The van der Waals surface area contributed by atoms with Gasteiger partial charge in [0.05, 0.1) is 43.2 Å². The standard InChI is InChI=1S/C41H68N2O7/c1-10-47-35(37(6,7)46)27-19-24(2)32-33(49-27)34(45)39(9)29-12-11-28-36(4,5)30(13-14-40(28)23-41(29,40)16-15-38(32,39)8)50-31-22-42(17-18-48-31)26-20-43(21-26)25(3)44/h24,26-35,45-46H,10-23H2,1-9H3/t24-,27-,28+,29+,30+,31+,32+,33+,34+,35+,38-,39-,40?,41+/m1/s1. The fraction of sp³-hybridized carbons (Fsp3) is 0.976. The van der Waals surface area contributed by atoms with Crippen molar-refractivity contribution in [3.8, 4) is 0 Å². The molecule has 8 aliphatic rings. The lowest BCUT2D eigenvalue weighted by Crippen LogP contribution is -2.64. The van der Waals surface area contributed by atoms with Crippen LogP contribution in [0.4, 0.5) is 0 Å². The topological polar surface area (TPSA) is 101 Å². The number of rotatable bonds is 7. The van der Waals surface area contributed by atoms with Crippen molar-refractivity contribution in [3.63, 3.8) is 0 Å². The SMILES string of the molecule is CCO[C@@H]([C@H]1C[C@@H](C)[C@H]2[C@H](O1)[C@H](O)[C@@]1(C)[C@@H]3CC[C@H]4C(C)(C)[C@@H](O[C@H]5CN(C6CN(C(C)=O)C6)CCO5)CCC45C[C@@]35CC[C@]21C)C(C)(C)O. The van der Waals surface area contributed by atoms with Crippen LogP contribution in [0, 0.1) is 50.7 Å². The Hall–Kier alpha value is -0.810. The maximum atomic E-state index is 12.6. The van der Waals surface area contributed by atoms with Crippen molar-refractivity contribution in [3.05, 3.63) is 0 Å². The molecule has 8 fully saturated rings. The summed E-state index contributed by atoms with van der Waals surface area (Å²) in [5.41, 5.74) is -0.576. The van der Waals surface area contributed by atoms with Gasteiger partial charge in [0.25, 0.3) is 0 Å². The van der Waals surface area contributed by atoms with Gasteiger partial charge in [0, 0.05) is 44.6 Å². The van der Waals surface area contributed by atoms with Crippen LogP contribution in [0.25, 0.3) is 0 Å². The molecule has 0 aromatic heterocycles. The van der Waals surface area contributed by atoms with E-state index < -0.39 is 17.8 Å². The highest BCUT2D eigenvalue weighted by Crippen LogP contribution is 2.89. The smallest absolute Gasteiger partial charge is 0.219 e. The summed E-state index contributed by atoms with van der Waals surface area (Å²) in [6, 6.07) is 0.415. The van der Waals surface area contributed by atoms with E-state index in [1.165, 1.54) is 25.7 Å². The van der Waals surface area contributed by atoms with Crippen LogP contribution in [0.1, 0.15) is 114 Å². The molecule has 14 atom stereocenters. The summed E-state index contributed by atoms with van der Waals surface area (Å²) >= 11 is 0. The first-order chi connectivity index (χ1) is 23.4. The first-order valence-electron chi connectivity index (χ1n) is 20.4. The van der Waals surface area contributed by atoms with Crippen molar-refractivity contribution in [2.75, 3.05) is 39.4 Å². The summed E-state index contributed by atoms with van der Waals surface area (Å²) in [5.74, 6) is 1.93. The lowest BCUT2D eigenvalue weighted by Gasteiger charge is -2.64. The highest BCUT2D eigenvalue weighted by atomic mass is 16.7. The second kappa shape index (κ2) is 11.8. The molecular formula is C41H68N2O7. The Morgan fingerprint density at radius 3 is 2.40 bits per heavy atom. The Morgan fingerprint density at radius 2 is 1.72 bits per heavy atom. The van der Waals surface area contributed by atoms with Crippen LogP contribution >= 0.6 is 0 Å². The van der Waals surface area contributed by atoms with Crippen LogP contribution in [0.3, 0.4) is 0 Å². The van der Waals surface area contributed by atoms with E-state index in [0.29, 0.717) is 48.3 Å². The molecule has 9 heteroatoms. The molecule has 2 N–H and O–H groups in total. The zero-order valence-corrected chi connectivity index (χ0v) is 32.6. The summed E-state index contributed by atoms with van der Waals surface area (Å²) in [7, 11) is 0. The minimum absolute atomic E-state index is 0.00571. The number of morpholine rings is 1. The number of amides is 1. The highest BCUT2D eigenvalue weighted by Gasteiger charge is 2.84. The van der Waals surface area contributed by atoms with Gasteiger partial charge in [-0.25, -0.2) is 0 Å². The summed E-state index contributed by atoms with van der Waals surface area (Å²) in [6.07, 6.45) is 7.74. The third kappa shape index (κ3) is 4.84. The summed E-state index contributed by atoms with van der Waals surface area (Å²) in [6.45, 7) is 24.1. The molecule has 284 valence electrons. The molecule has 1 amide bonds. The van der Waals surface area contributed by atoms with Crippen LogP contribution in [-0.4, -0.2) is 114 Å². The molecule has 3 aliphatic heterocycles. The predicted octanol–water partition coefficient (Wildman–Crippen LogP) is 5.25. The molecule has 5 aliphatic carbocycles. The quantitative estimate of drug-likeness (QED) is 0.372. The predicted molar refractivity (Wildman–Crippen MR) is 190 cm³/mol. The number of nitrogens with zero attached hydrogens (tertiary/aromatic N) is 2. The molecule has 0 bridgehead atoms. The van der Waals surface area contributed by atoms with E-state index in [0.717, 1.165) is 51.9 Å². The lowest BCUT2D eigenvalue weighted by molar-refractivity contribution is -0.253. The molecule has 9 nitrogen and oxygen atoms in total. The Morgan fingerprint density at radius 1 is 1.02 bits per heavy atom. The van der Waals surface area contributed by atoms with Crippen molar-refractivity contribution in [2.24, 2.45) is 50.7 Å². The molecule has 3 heterocycles. The number of hydrogen-bond acceptors (Lipinski definition) is 8. The summed E-state index contributed by atoms with van der Waals surface area (Å²) in [4.78, 5) is 16.2. The van der Waals surface area contributed by atoms with Crippen molar-refractivity contribution in [1.82, 2.24) is 9.80 Å². The third-order valence-electron chi connectivity index (χ3n) is 17.4. The van der Waals surface area contributed by atoms with Gasteiger partial charge >= 0.3 is 0 Å². The molecule has 0 aromatic carbocycles. The Kier molecular flexibility index (Phi) is 8.57. The molecule has 5 saturated carbocycles. The van der Waals surface area contributed by atoms with Gasteiger partial charge < -0.3 is 34.1 Å². The Bertz CT molecular complexity index is 1330. The number of aliphatic hydroxyl groups excluding tert-OH is 1. The van der Waals surface area contributed by atoms with Crippen LogP contribution in [0.5, 0.6) is 0 Å². The van der Waals surface area contributed by atoms with E-state index in [1.54, 1.807) is 6.92 Å². The summed E-state index contributed by atoms with van der Waals surface area (Å²) < 4.78 is 26.3. The fourth-order valence-electron chi connectivity index (χ4n) is 14.9. The average molecular weight is 701 g/mol. The van der Waals surface area contributed by atoms with E-state index in [9.17, 15) is 15.0 Å². The monoisotopic (exact) mass is 701 g/mol. The van der Waals surface area contributed by atoms with E-state index in [4.69, 9.17) is 18.9 Å². The van der Waals surface area contributed by atoms with Crippen LogP contribution in [0.2, 0.25) is 0 Å². The highest BCUT2D eigenvalue weighted by molar-refractivity contribution is 5.74. The van der Waals surface area contributed by atoms with Gasteiger partial charge in [-0.2, -0.15) is 0 Å². The molecule has 3 saturated heterocycles. The maximum absolute atomic E-state index is 12.6. The molecule has 50 heavy (non-hydrogen) atoms. The van der Waals surface area contributed by atoms with Gasteiger partial charge in [-0.05, 0) is 117 Å². The number of hydrogen-bond donors (Lipinski definition) is 2. The normalized spacial score (nSPS) is 50.6. The third-order valence-corrected chi connectivity index (χ3v) is 17.4. The fourth-order valence-corrected chi connectivity index (χ4v) is 14.9. The summed E-state index contributed by atoms with van der Waals surface area (Å²) in [5, 5.41) is 23.7. The zero-order chi connectivity index (χ0) is 35.8. The molecular weight excluding hydrogens is 632 g/mol. The number of ether oxygens (including phenoxy) is 4. The van der Waals surface area contributed by atoms with Gasteiger partial charge in [0.2, 0.25) is 5.91 Å². The van der Waals surface area contributed by atoms with Gasteiger partial charge in [-0.1, -0.05) is 34.6 Å². The van der Waals surface area contributed by atoms with Crippen molar-refractivity contribution >= 4 is 5.91 Å². The van der Waals surface area contributed by atoms with Crippen LogP contribution < -0.4 is 0 Å². The maximum Gasteiger partial charge on any atom is 0.219 e. The van der Waals surface area contributed by atoms with E-state index in [2.05, 4.69) is 39.5 Å². The molecule has 8 rings (SSSR count). The second-order valence-electron chi connectivity index (χ2n) is 20.1. The minimum atomic E-state index is -1.02. The molecule has 0 radical (unpaired) electrons. The number of carbonyl (C=O) groups excluding carboxylic acids is 1. The Balaban J connectivity index is 0.993. The van der Waals surface area contributed by atoms with E-state index >= 15 is 0 Å². The van der Waals surface area contributed by atoms with Crippen molar-refractivity contribution in [2.45, 2.75) is 162 Å². The van der Waals surface area contributed by atoms with E-state index in [1.807, 2.05) is 25.7 Å². The van der Waals surface area contributed by atoms with Crippen molar-refractivity contribution < 1.29 is 34.0 Å². The van der Waals surface area contributed by atoms with Crippen molar-refractivity contribution in [1.29, 1.82) is 0 Å². The van der Waals surface area contributed by atoms with Crippen LogP contribution in [0.15, 0.2) is 0 Å². The average Bonchev–Trinajstić information content (AvgIpc) is 3.64. The van der Waals surface area contributed by atoms with Gasteiger partial charge in [-0.15, -0.1) is 0 Å². The molecule has 2 spiro atoms. The number of aliphatic hydroxyl groups is 2. The van der Waals surface area contributed by atoms with Gasteiger partial charge in [0.15, 0.2) is 6.29 Å². The largest absolute Gasteiger partial charge is 0.390 e. The minimum Gasteiger partial charge on any atom is -0.390 e.